The normalized spacial score (nSPS) is 12.5. The van der Waals surface area contributed by atoms with Gasteiger partial charge in [-0.25, -0.2) is 0 Å². The highest BCUT2D eigenvalue weighted by molar-refractivity contribution is 5.77. The number of aromatic nitrogens is 3. The van der Waals surface area contributed by atoms with Gasteiger partial charge in [0, 0.05) is 11.2 Å². The number of nitrogen functional groups attached to an aromatic ring is 1. The number of anilines is 3. The Labute approximate surface area is 154 Å². The molecular formula is C18H28N7O+. The molecule has 0 bridgehead atoms. The maximum atomic E-state index is 12.0. The average molecular weight is 358 g/mol. The number of carbonyl (C=O) groups is 1. The van der Waals surface area contributed by atoms with E-state index in [2.05, 4.69) is 25.6 Å². The van der Waals surface area contributed by atoms with Crippen LogP contribution in [-0.2, 0) is 11.3 Å². The minimum absolute atomic E-state index is 0.0183. The molecule has 140 valence electrons. The Morgan fingerprint density at radius 1 is 1.19 bits per heavy atom. The fraction of sp³-hybridized carbons (Fsp3) is 0.444. The number of benzene rings is 1. The van der Waals surface area contributed by atoms with Gasteiger partial charge in [0.25, 0.3) is 5.91 Å². The van der Waals surface area contributed by atoms with E-state index in [0.29, 0.717) is 24.9 Å². The van der Waals surface area contributed by atoms with Gasteiger partial charge >= 0.3 is 0 Å². The standard InChI is InChI=1S/C18H27N7O/c1-12-8-6-7-9-13(12)20-17-22-14(21-16(19)23-17)10-25(5)11-15(26)24-18(2,3)4/h6-9H,10-11H2,1-5H3,(H,24,26)(H3,19,20,21,22,23)/p+1. The van der Waals surface area contributed by atoms with E-state index in [1.807, 2.05) is 59.0 Å². The zero-order valence-electron chi connectivity index (χ0n) is 16.1. The number of carbonyl (C=O) groups excluding carboxylic acids is 1. The lowest BCUT2D eigenvalue weighted by molar-refractivity contribution is -0.886. The third kappa shape index (κ3) is 6.29. The minimum atomic E-state index is -0.250. The molecule has 1 aromatic heterocycles. The number of hydrogen-bond donors (Lipinski definition) is 4. The molecule has 1 amide bonds. The Balaban J connectivity index is 2.05. The van der Waals surface area contributed by atoms with Gasteiger partial charge in [-0.3, -0.25) is 4.79 Å². The smallest absolute Gasteiger partial charge is 0.275 e. The molecule has 0 fully saturated rings. The number of amides is 1. The van der Waals surface area contributed by atoms with Crippen LogP contribution < -0.4 is 21.3 Å². The van der Waals surface area contributed by atoms with Gasteiger partial charge in [0.2, 0.25) is 11.9 Å². The number of nitrogens with one attached hydrogen (secondary N) is 3. The van der Waals surface area contributed by atoms with Gasteiger partial charge in [-0.1, -0.05) is 18.2 Å². The van der Waals surface area contributed by atoms with Crippen molar-refractivity contribution >= 4 is 23.5 Å². The van der Waals surface area contributed by atoms with Crippen LogP contribution in [0.2, 0.25) is 0 Å². The number of quaternary nitrogens is 1. The van der Waals surface area contributed by atoms with E-state index in [-0.39, 0.29) is 17.4 Å². The fourth-order valence-electron chi connectivity index (χ4n) is 2.48. The highest BCUT2D eigenvalue weighted by Gasteiger charge is 2.18. The Morgan fingerprint density at radius 3 is 2.54 bits per heavy atom. The molecule has 0 saturated carbocycles. The second-order valence-corrected chi connectivity index (χ2v) is 7.48. The molecule has 1 atom stereocenters. The summed E-state index contributed by atoms with van der Waals surface area (Å²) in [7, 11) is 1.91. The quantitative estimate of drug-likeness (QED) is 0.596. The predicted molar refractivity (Wildman–Crippen MR) is 102 cm³/mol. The Bertz CT molecular complexity index is 770. The molecule has 0 radical (unpaired) electrons. The van der Waals surface area contributed by atoms with Gasteiger partial charge in [-0.15, -0.1) is 0 Å². The number of nitrogens with two attached hydrogens (primary N) is 1. The predicted octanol–water partition coefficient (Wildman–Crippen LogP) is 0.435. The molecule has 8 heteroatoms. The lowest BCUT2D eigenvalue weighted by atomic mass is 10.1. The summed E-state index contributed by atoms with van der Waals surface area (Å²) in [4.78, 5) is 25.8. The van der Waals surface area contributed by atoms with Crippen molar-refractivity contribution in [2.24, 2.45) is 0 Å². The summed E-state index contributed by atoms with van der Waals surface area (Å²) in [5.41, 5.74) is 7.56. The van der Waals surface area contributed by atoms with Crippen LogP contribution in [0.1, 0.15) is 32.2 Å². The van der Waals surface area contributed by atoms with E-state index < -0.39 is 0 Å². The molecule has 26 heavy (non-hydrogen) atoms. The van der Waals surface area contributed by atoms with Crippen LogP contribution in [-0.4, -0.2) is 40.0 Å². The largest absolute Gasteiger partial charge is 0.368 e. The number of hydrogen-bond acceptors (Lipinski definition) is 6. The lowest BCUT2D eigenvalue weighted by Gasteiger charge is -2.21. The van der Waals surface area contributed by atoms with Crippen LogP contribution in [0.3, 0.4) is 0 Å². The summed E-state index contributed by atoms with van der Waals surface area (Å²) in [5, 5.41) is 6.12. The van der Waals surface area contributed by atoms with Crippen LogP contribution in [0, 0.1) is 6.92 Å². The summed E-state index contributed by atoms with van der Waals surface area (Å²) in [6, 6.07) is 7.85. The van der Waals surface area contributed by atoms with Gasteiger partial charge < -0.3 is 21.3 Å². The van der Waals surface area contributed by atoms with Gasteiger partial charge in [0.1, 0.15) is 6.54 Å². The topological polar surface area (TPSA) is 110 Å². The van der Waals surface area contributed by atoms with E-state index >= 15 is 0 Å². The van der Waals surface area contributed by atoms with Gasteiger partial charge in [-0.2, -0.15) is 15.0 Å². The molecule has 0 spiro atoms. The van der Waals surface area contributed by atoms with E-state index in [1.165, 1.54) is 0 Å². The first kappa shape index (κ1) is 19.6. The maximum absolute atomic E-state index is 12.0. The highest BCUT2D eigenvalue weighted by atomic mass is 16.2. The third-order valence-electron chi connectivity index (χ3n) is 3.53. The first-order chi connectivity index (χ1) is 12.1. The van der Waals surface area contributed by atoms with Crippen molar-refractivity contribution in [1.29, 1.82) is 0 Å². The Hall–Kier alpha value is -2.74. The van der Waals surface area contributed by atoms with Crippen LogP contribution in [0.15, 0.2) is 24.3 Å². The number of aryl methyl sites for hydroxylation is 1. The van der Waals surface area contributed by atoms with Crippen molar-refractivity contribution < 1.29 is 9.69 Å². The maximum Gasteiger partial charge on any atom is 0.275 e. The molecule has 5 N–H and O–H groups in total. The summed E-state index contributed by atoms with van der Waals surface area (Å²) in [6.07, 6.45) is 0. The second-order valence-electron chi connectivity index (χ2n) is 7.48. The van der Waals surface area contributed by atoms with Crippen molar-refractivity contribution in [3.63, 3.8) is 0 Å². The first-order valence-corrected chi connectivity index (χ1v) is 8.58. The summed E-state index contributed by atoms with van der Waals surface area (Å²) in [5.74, 6) is 1.07. The Kier molecular flexibility index (Phi) is 6.10. The van der Waals surface area contributed by atoms with Crippen LogP contribution >= 0.6 is 0 Å². The van der Waals surface area contributed by atoms with Crippen molar-refractivity contribution in [1.82, 2.24) is 20.3 Å². The Morgan fingerprint density at radius 2 is 1.88 bits per heavy atom. The van der Waals surface area contributed by atoms with Crippen LogP contribution in [0.5, 0.6) is 0 Å². The van der Waals surface area contributed by atoms with E-state index in [9.17, 15) is 4.79 Å². The lowest BCUT2D eigenvalue weighted by Crippen LogP contribution is -3.09. The molecule has 1 heterocycles. The zero-order valence-corrected chi connectivity index (χ0v) is 16.1. The third-order valence-corrected chi connectivity index (χ3v) is 3.53. The molecule has 0 aliphatic rings. The average Bonchev–Trinajstić information content (AvgIpc) is 2.46. The van der Waals surface area contributed by atoms with Gasteiger partial charge in [0.15, 0.2) is 12.4 Å². The summed E-state index contributed by atoms with van der Waals surface area (Å²) < 4.78 is 0. The number of rotatable bonds is 6. The van der Waals surface area contributed by atoms with Crippen molar-refractivity contribution in [3.8, 4) is 0 Å². The van der Waals surface area contributed by atoms with Gasteiger partial charge in [0.05, 0.1) is 7.05 Å². The highest BCUT2D eigenvalue weighted by Crippen LogP contribution is 2.17. The first-order valence-electron chi connectivity index (χ1n) is 8.58. The second kappa shape index (κ2) is 8.09. The molecule has 0 aliphatic carbocycles. The molecule has 2 rings (SSSR count). The molecule has 8 nitrogen and oxygen atoms in total. The minimum Gasteiger partial charge on any atom is -0.368 e. The van der Waals surface area contributed by atoms with Crippen LogP contribution in [0.4, 0.5) is 17.6 Å². The number of para-hydroxylation sites is 1. The summed E-state index contributed by atoms with van der Waals surface area (Å²) >= 11 is 0. The SMILES string of the molecule is Cc1ccccc1Nc1nc(N)nc(C[NH+](C)CC(=O)NC(C)(C)C)n1. The monoisotopic (exact) mass is 358 g/mol. The molecule has 2 aromatic rings. The van der Waals surface area contributed by atoms with E-state index in [1.54, 1.807) is 0 Å². The van der Waals surface area contributed by atoms with Crippen molar-refractivity contribution in [2.45, 2.75) is 39.8 Å². The number of nitrogens with zero attached hydrogens (tertiary/aromatic N) is 3. The molecule has 1 unspecified atom stereocenters. The fourth-order valence-corrected chi connectivity index (χ4v) is 2.48. The molecular weight excluding hydrogens is 330 g/mol. The molecule has 0 aliphatic heterocycles. The number of likely N-dealkylation sites (N-methyl/N-ethyl adjacent to an activating group) is 1. The van der Waals surface area contributed by atoms with Crippen molar-refractivity contribution in [3.05, 3.63) is 35.7 Å². The molecule has 0 saturated heterocycles. The zero-order chi connectivity index (χ0) is 19.3. The van der Waals surface area contributed by atoms with E-state index in [0.717, 1.165) is 16.2 Å². The van der Waals surface area contributed by atoms with Crippen LogP contribution in [0.25, 0.3) is 0 Å². The summed E-state index contributed by atoms with van der Waals surface area (Å²) in [6.45, 7) is 8.65. The van der Waals surface area contributed by atoms with Gasteiger partial charge in [-0.05, 0) is 39.3 Å². The van der Waals surface area contributed by atoms with E-state index in [4.69, 9.17) is 5.73 Å². The molecule has 1 aromatic carbocycles. The van der Waals surface area contributed by atoms with Crippen molar-refractivity contribution in [2.75, 3.05) is 24.6 Å².